The molecular weight excluding hydrogens is 472 g/mol. The molecule has 3 rings (SSSR count). The number of hydrogen-bond acceptors (Lipinski definition) is 7. The summed E-state index contributed by atoms with van der Waals surface area (Å²) >= 11 is 0. The van der Waals surface area contributed by atoms with Gasteiger partial charge in [-0.25, -0.2) is 4.79 Å². The van der Waals surface area contributed by atoms with E-state index in [9.17, 15) is 15.0 Å². The van der Waals surface area contributed by atoms with E-state index in [4.69, 9.17) is 18.9 Å². The summed E-state index contributed by atoms with van der Waals surface area (Å²) in [5.41, 5.74) is 1.36. The van der Waals surface area contributed by atoms with Crippen molar-refractivity contribution in [3.8, 4) is 11.5 Å². The van der Waals surface area contributed by atoms with Gasteiger partial charge in [0.05, 0.1) is 33.5 Å². The Morgan fingerprint density at radius 3 is 1.81 bits per heavy atom. The highest BCUT2D eigenvalue weighted by molar-refractivity contribution is 5.81. The minimum absolute atomic E-state index is 0.0623. The van der Waals surface area contributed by atoms with Crippen LogP contribution in [0.25, 0.3) is 0 Å². The Bertz CT molecular complexity index is 1080. The number of benzene rings is 3. The van der Waals surface area contributed by atoms with Crippen LogP contribution in [-0.4, -0.2) is 55.8 Å². The Kier molecular flexibility index (Phi) is 10.3. The average Bonchev–Trinajstić information content (AvgIpc) is 2.94. The molecule has 7 heteroatoms. The molecule has 7 nitrogen and oxygen atoms in total. The molecule has 0 radical (unpaired) electrons. The molecule has 2 atom stereocenters. The van der Waals surface area contributed by atoms with Crippen LogP contribution in [-0.2, 0) is 19.9 Å². The van der Waals surface area contributed by atoms with Crippen LogP contribution in [0.4, 0.5) is 0 Å². The number of hydrogen-bond donors (Lipinski definition) is 2. The lowest BCUT2D eigenvalue weighted by atomic mass is 9.80. The highest BCUT2D eigenvalue weighted by Gasteiger charge is 2.38. The molecule has 0 saturated heterocycles. The van der Waals surface area contributed by atoms with Crippen LogP contribution in [0.1, 0.15) is 30.0 Å². The zero-order valence-corrected chi connectivity index (χ0v) is 21.4. The number of carbonyl (C=O) groups is 1. The molecule has 0 aromatic heterocycles. The highest BCUT2D eigenvalue weighted by Crippen LogP contribution is 2.41. The molecular formula is C30H34O7. The van der Waals surface area contributed by atoms with Gasteiger partial charge in [-0.05, 0) is 54.3 Å². The van der Waals surface area contributed by atoms with Crippen molar-refractivity contribution in [3.63, 3.8) is 0 Å². The Morgan fingerprint density at radius 2 is 1.32 bits per heavy atom. The van der Waals surface area contributed by atoms with E-state index in [2.05, 4.69) is 0 Å². The maximum absolute atomic E-state index is 11.5. The van der Waals surface area contributed by atoms with E-state index in [0.717, 1.165) is 16.7 Å². The smallest absolute Gasteiger partial charge is 0.330 e. The molecule has 196 valence electrons. The molecule has 0 spiro atoms. The van der Waals surface area contributed by atoms with Crippen LogP contribution in [0.2, 0.25) is 0 Å². The summed E-state index contributed by atoms with van der Waals surface area (Å²) in [6.07, 6.45) is 0.413. The molecule has 37 heavy (non-hydrogen) atoms. The van der Waals surface area contributed by atoms with E-state index in [1.54, 1.807) is 21.1 Å². The van der Waals surface area contributed by atoms with Gasteiger partial charge in [0, 0.05) is 6.08 Å². The van der Waals surface area contributed by atoms with Crippen molar-refractivity contribution in [1.29, 1.82) is 0 Å². The van der Waals surface area contributed by atoms with E-state index in [-0.39, 0.29) is 19.6 Å². The fraction of sp³-hybridized carbons (Fsp3) is 0.300. The molecule has 0 aliphatic carbocycles. The van der Waals surface area contributed by atoms with Gasteiger partial charge in [-0.1, -0.05) is 60.7 Å². The van der Waals surface area contributed by atoms with Crippen molar-refractivity contribution in [2.24, 2.45) is 0 Å². The molecule has 0 unspecified atom stereocenters. The third-order valence-electron chi connectivity index (χ3n) is 6.01. The summed E-state index contributed by atoms with van der Waals surface area (Å²) in [5.74, 6) is 0.899. The van der Waals surface area contributed by atoms with Gasteiger partial charge in [-0.2, -0.15) is 0 Å². The third kappa shape index (κ3) is 6.98. The lowest BCUT2D eigenvalue weighted by Crippen LogP contribution is -2.39. The summed E-state index contributed by atoms with van der Waals surface area (Å²) in [7, 11) is 3.21. The van der Waals surface area contributed by atoms with E-state index in [0.29, 0.717) is 11.5 Å². The zero-order chi connectivity index (χ0) is 26.7. The predicted octanol–water partition coefficient (Wildman–Crippen LogP) is 4.24. The second-order valence-corrected chi connectivity index (χ2v) is 8.34. The summed E-state index contributed by atoms with van der Waals surface area (Å²) in [6.45, 7) is 1.80. The van der Waals surface area contributed by atoms with E-state index in [1.807, 2.05) is 78.9 Å². The normalized spacial score (nSPS) is 13.2. The number of rotatable bonds is 13. The maximum Gasteiger partial charge on any atom is 0.330 e. The summed E-state index contributed by atoms with van der Waals surface area (Å²) in [6, 6.07) is 24.8. The Labute approximate surface area is 217 Å². The number of methoxy groups -OCH3 is 2. The SMILES string of the molecule is CCOC(=O)/C=C/C[C@H](O)[C@H](O)COC(c1ccccc1)(c1ccc(OC)cc1)c1ccc(OC)cc1. The minimum Gasteiger partial charge on any atom is -0.497 e. The first-order valence-electron chi connectivity index (χ1n) is 12.1. The van der Waals surface area contributed by atoms with Crippen molar-refractivity contribution >= 4 is 5.97 Å². The fourth-order valence-electron chi connectivity index (χ4n) is 4.05. The Hall–Kier alpha value is -3.65. The molecule has 3 aromatic rings. The molecule has 0 aliphatic heterocycles. The molecule has 0 bridgehead atoms. The standard InChI is InChI=1S/C30H34O7/c1-4-36-29(33)12-8-11-27(31)28(32)21-37-30(22-9-6-5-7-10-22,23-13-17-25(34-2)18-14-23)24-15-19-26(35-3)20-16-24/h5-10,12-20,27-28,31-32H,4,11,21H2,1-3H3/b12-8+/t27-,28+/m0/s1. The first-order valence-corrected chi connectivity index (χ1v) is 12.1. The van der Waals surface area contributed by atoms with Crippen molar-refractivity contribution in [3.05, 3.63) is 108 Å². The molecule has 0 aliphatic rings. The van der Waals surface area contributed by atoms with Gasteiger partial charge in [0.25, 0.3) is 0 Å². The van der Waals surface area contributed by atoms with Crippen molar-refractivity contribution in [1.82, 2.24) is 0 Å². The number of aliphatic hydroxyl groups excluding tert-OH is 2. The zero-order valence-electron chi connectivity index (χ0n) is 21.4. The largest absolute Gasteiger partial charge is 0.497 e. The van der Waals surface area contributed by atoms with Crippen molar-refractivity contribution < 1.29 is 34.0 Å². The first-order chi connectivity index (χ1) is 17.9. The van der Waals surface area contributed by atoms with Crippen molar-refractivity contribution in [2.45, 2.75) is 31.2 Å². The number of esters is 1. The summed E-state index contributed by atoms with van der Waals surface area (Å²) in [5, 5.41) is 21.3. The minimum atomic E-state index is -1.22. The average molecular weight is 507 g/mol. The van der Waals surface area contributed by atoms with Gasteiger partial charge in [0.2, 0.25) is 0 Å². The number of ether oxygens (including phenoxy) is 4. The second-order valence-electron chi connectivity index (χ2n) is 8.34. The van der Waals surface area contributed by atoms with Crippen molar-refractivity contribution in [2.75, 3.05) is 27.4 Å². The molecule has 0 amide bonds. The lowest BCUT2D eigenvalue weighted by molar-refractivity contribution is -0.137. The molecule has 0 fully saturated rings. The molecule has 3 aromatic carbocycles. The lowest BCUT2D eigenvalue weighted by Gasteiger charge is -2.37. The fourth-order valence-corrected chi connectivity index (χ4v) is 4.05. The van der Waals surface area contributed by atoms with E-state index < -0.39 is 23.8 Å². The quantitative estimate of drug-likeness (QED) is 0.203. The van der Waals surface area contributed by atoms with Crippen LogP contribution in [0.15, 0.2) is 91.0 Å². The maximum atomic E-state index is 11.5. The first kappa shape index (κ1) is 27.9. The van der Waals surface area contributed by atoms with Crippen LogP contribution in [0.3, 0.4) is 0 Å². The second kappa shape index (κ2) is 13.6. The monoisotopic (exact) mass is 506 g/mol. The summed E-state index contributed by atoms with van der Waals surface area (Å²) < 4.78 is 22.1. The van der Waals surface area contributed by atoms with Gasteiger partial charge >= 0.3 is 5.97 Å². The Morgan fingerprint density at radius 1 is 0.811 bits per heavy atom. The molecule has 0 saturated carbocycles. The third-order valence-corrected chi connectivity index (χ3v) is 6.01. The van der Waals surface area contributed by atoms with E-state index in [1.165, 1.54) is 12.2 Å². The van der Waals surface area contributed by atoms with Gasteiger partial charge in [0.1, 0.15) is 23.2 Å². The van der Waals surface area contributed by atoms with Crippen LogP contribution >= 0.6 is 0 Å². The topological polar surface area (TPSA) is 94.5 Å². The predicted molar refractivity (Wildman–Crippen MR) is 141 cm³/mol. The van der Waals surface area contributed by atoms with E-state index >= 15 is 0 Å². The van der Waals surface area contributed by atoms with Crippen LogP contribution in [0.5, 0.6) is 11.5 Å². The number of aliphatic hydroxyl groups is 2. The highest BCUT2D eigenvalue weighted by atomic mass is 16.5. The van der Waals surface area contributed by atoms with Crippen LogP contribution < -0.4 is 9.47 Å². The van der Waals surface area contributed by atoms with Crippen LogP contribution in [0, 0.1) is 0 Å². The molecule has 0 heterocycles. The summed E-state index contributed by atoms with van der Waals surface area (Å²) in [4.78, 5) is 11.5. The number of carbonyl (C=O) groups excluding carboxylic acids is 1. The molecule has 2 N–H and O–H groups in total. The Balaban J connectivity index is 1.98. The van der Waals surface area contributed by atoms with Gasteiger partial charge in [0.15, 0.2) is 0 Å². The van der Waals surface area contributed by atoms with Gasteiger partial charge < -0.3 is 29.2 Å². The van der Waals surface area contributed by atoms with Gasteiger partial charge in [-0.3, -0.25) is 0 Å². The van der Waals surface area contributed by atoms with Gasteiger partial charge in [-0.15, -0.1) is 0 Å².